The summed E-state index contributed by atoms with van der Waals surface area (Å²) < 4.78 is 33.8. The molecule has 0 unspecified atom stereocenters. The van der Waals surface area contributed by atoms with E-state index in [1.165, 1.54) is 10.4 Å². The Hall–Kier alpha value is -3.32. The molecule has 9 nitrogen and oxygen atoms in total. The van der Waals surface area contributed by atoms with E-state index in [9.17, 15) is 18.0 Å². The van der Waals surface area contributed by atoms with Crippen molar-refractivity contribution in [3.05, 3.63) is 63.6 Å². The van der Waals surface area contributed by atoms with E-state index < -0.39 is 12.1 Å². The average Bonchev–Trinajstić information content (AvgIpc) is 3.38. The first kappa shape index (κ1) is 27.3. The van der Waals surface area contributed by atoms with Crippen LogP contribution in [0.5, 0.6) is 0 Å². The third-order valence-corrected chi connectivity index (χ3v) is 8.72. The fraction of sp³-hybridized carbons (Fsp3) is 0.500. The Morgan fingerprint density at radius 3 is 2.51 bits per heavy atom. The number of nitrogens with one attached hydrogen (secondary N) is 1. The molecule has 2 N–H and O–H groups in total. The smallest absolute Gasteiger partial charge is 0.475 e. The topological polar surface area (TPSA) is 113 Å². The predicted octanol–water partition coefficient (Wildman–Crippen LogP) is 3.73. The molecule has 2 fully saturated rings. The van der Waals surface area contributed by atoms with Crippen LogP contribution in [-0.2, 0) is 29.7 Å². The van der Waals surface area contributed by atoms with Gasteiger partial charge in [0.2, 0.25) is 5.82 Å². The van der Waals surface area contributed by atoms with Crippen molar-refractivity contribution in [3.63, 3.8) is 0 Å². The molecule has 1 aliphatic carbocycles. The number of aryl methyl sites for hydroxylation is 2. The largest absolute Gasteiger partial charge is 0.490 e. The number of likely N-dealkylation sites (tertiary alicyclic amines) is 1. The second-order valence-corrected chi connectivity index (χ2v) is 11.2. The van der Waals surface area contributed by atoms with Gasteiger partial charge < -0.3 is 15.0 Å². The van der Waals surface area contributed by atoms with Gasteiger partial charge in [-0.3, -0.25) is 9.69 Å². The van der Waals surface area contributed by atoms with Crippen molar-refractivity contribution in [1.82, 2.24) is 30.0 Å². The van der Waals surface area contributed by atoms with Crippen LogP contribution in [-0.4, -0.2) is 66.4 Å². The van der Waals surface area contributed by atoms with Gasteiger partial charge in [-0.1, -0.05) is 30.3 Å². The number of rotatable bonds is 5. The van der Waals surface area contributed by atoms with E-state index in [1.54, 1.807) is 11.3 Å². The number of carboxylic acid groups (broad SMARTS) is 1. The molecule has 13 heteroatoms. The maximum Gasteiger partial charge on any atom is 0.490 e. The van der Waals surface area contributed by atoms with Gasteiger partial charge in [-0.25, -0.2) is 9.78 Å². The third-order valence-electron chi connectivity index (χ3n) is 7.80. The van der Waals surface area contributed by atoms with Crippen LogP contribution in [0.25, 0.3) is 0 Å². The lowest BCUT2D eigenvalue weighted by atomic mass is 9.71. The van der Waals surface area contributed by atoms with Crippen LogP contribution >= 0.6 is 11.3 Å². The highest BCUT2D eigenvalue weighted by Gasteiger charge is 2.50. The number of fused-ring (bicyclic) bond motifs is 2. The molecule has 2 aromatic heterocycles. The molecule has 39 heavy (non-hydrogen) atoms. The number of alkyl halides is 3. The lowest BCUT2D eigenvalue weighted by Gasteiger charge is -2.37. The first-order valence-corrected chi connectivity index (χ1v) is 13.7. The molecular weight excluding hydrogens is 533 g/mol. The van der Waals surface area contributed by atoms with Crippen LogP contribution in [0.1, 0.15) is 58.3 Å². The summed E-state index contributed by atoms with van der Waals surface area (Å²) in [5, 5.41) is 19.0. The number of nitrogens with zero attached hydrogens (tertiary/aromatic N) is 5. The minimum Gasteiger partial charge on any atom is -0.475 e. The summed E-state index contributed by atoms with van der Waals surface area (Å²) in [5.74, 6) is -1.44. The summed E-state index contributed by atoms with van der Waals surface area (Å²) in [7, 11) is 0. The van der Waals surface area contributed by atoms with E-state index in [4.69, 9.17) is 9.90 Å². The summed E-state index contributed by atoms with van der Waals surface area (Å²) >= 11 is 1.74. The maximum atomic E-state index is 12.9. The number of halogens is 3. The number of benzene rings is 1. The van der Waals surface area contributed by atoms with Gasteiger partial charge in [0.05, 0.1) is 11.2 Å². The van der Waals surface area contributed by atoms with E-state index in [0.29, 0.717) is 11.9 Å². The van der Waals surface area contributed by atoms with Crippen LogP contribution in [0.3, 0.4) is 0 Å². The van der Waals surface area contributed by atoms with E-state index in [2.05, 4.69) is 67.2 Å². The van der Waals surface area contributed by atoms with Crippen molar-refractivity contribution in [2.24, 2.45) is 0 Å². The molecule has 3 aliphatic rings. The highest BCUT2D eigenvalue weighted by molar-refractivity contribution is 7.09. The number of aromatic nitrogens is 4. The van der Waals surface area contributed by atoms with Crippen LogP contribution in [0.4, 0.5) is 13.2 Å². The fourth-order valence-corrected chi connectivity index (χ4v) is 6.37. The number of hydrogen-bond donors (Lipinski definition) is 2. The van der Waals surface area contributed by atoms with Crippen molar-refractivity contribution in [2.45, 2.75) is 75.8 Å². The second-order valence-electron chi connectivity index (χ2n) is 10.2. The van der Waals surface area contributed by atoms with Gasteiger partial charge in [0.25, 0.3) is 5.91 Å². The first-order chi connectivity index (χ1) is 18.6. The molecule has 2 aliphatic heterocycles. The normalized spacial score (nSPS) is 22.7. The minimum absolute atomic E-state index is 0.0464. The Labute approximate surface area is 227 Å². The van der Waals surface area contributed by atoms with Crippen molar-refractivity contribution < 1.29 is 27.9 Å². The molecule has 1 aromatic carbocycles. The zero-order valence-corrected chi connectivity index (χ0v) is 22.1. The van der Waals surface area contributed by atoms with Gasteiger partial charge in [-0.2, -0.15) is 13.2 Å². The Morgan fingerprint density at radius 2 is 1.90 bits per heavy atom. The van der Waals surface area contributed by atoms with Gasteiger partial charge in [-0.15, -0.1) is 21.5 Å². The Balaban J connectivity index is 0.000000392. The van der Waals surface area contributed by atoms with E-state index >= 15 is 0 Å². The number of thiazole rings is 1. The van der Waals surface area contributed by atoms with Crippen molar-refractivity contribution in [3.8, 4) is 0 Å². The predicted molar refractivity (Wildman–Crippen MR) is 136 cm³/mol. The van der Waals surface area contributed by atoms with E-state index in [0.717, 1.165) is 63.3 Å². The van der Waals surface area contributed by atoms with Crippen LogP contribution in [0.15, 0.2) is 35.8 Å². The molecule has 0 spiro atoms. The molecular formula is C26H29F3N6O3S. The van der Waals surface area contributed by atoms with Crippen molar-refractivity contribution >= 4 is 23.2 Å². The number of amides is 1. The minimum atomic E-state index is -5.08. The number of aliphatic carboxylic acids is 1. The van der Waals surface area contributed by atoms with Crippen LogP contribution < -0.4 is 5.32 Å². The second kappa shape index (κ2) is 10.7. The molecule has 1 amide bonds. The summed E-state index contributed by atoms with van der Waals surface area (Å²) in [6, 6.07) is 11.5. The molecule has 0 bridgehead atoms. The monoisotopic (exact) mass is 562 g/mol. The quantitative estimate of drug-likeness (QED) is 0.487. The first-order valence-electron chi connectivity index (χ1n) is 12.8. The molecule has 3 aromatic rings. The molecule has 4 heterocycles. The maximum absolute atomic E-state index is 12.9. The summed E-state index contributed by atoms with van der Waals surface area (Å²) in [6.07, 6.45) is 0.00900. The Morgan fingerprint density at radius 1 is 1.18 bits per heavy atom. The number of hydrogen-bond acceptors (Lipinski definition) is 7. The lowest BCUT2D eigenvalue weighted by Crippen LogP contribution is -2.45. The van der Waals surface area contributed by atoms with E-state index in [-0.39, 0.29) is 17.4 Å². The fourth-order valence-electron chi connectivity index (χ4n) is 5.57. The molecule has 208 valence electrons. The highest BCUT2D eigenvalue weighted by atomic mass is 32.1. The summed E-state index contributed by atoms with van der Waals surface area (Å²) in [6.45, 7) is 4.77. The zero-order valence-electron chi connectivity index (χ0n) is 21.3. The summed E-state index contributed by atoms with van der Waals surface area (Å²) in [5.41, 5.74) is 4.51. The molecule has 1 saturated carbocycles. The number of carboxylic acids is 1. The van der Waals surface area contributed by atoms with Crippen LogP contribution in [0.2, 0.25) is 0 Å². The van der Waals surface area contributed by atoms with E-state index in [1.807, 2.05) is 5.51 Å². The summed E-state index contributed by atoms with van der Waals surface area (Å²) in [4.78, 5) is 30.2. The van der Waals surface area contributed by atoms with Crippen molar-refractivity contribution in [2.75, 3.05) is 6.54 Å². The van der Waals surface area contributed by atoms with Gasteiger partial charge in [0, 0.05) is 41.9 Å². The highest BCUT2D eigenvalue weighted by Crippen LogP contribution is 2.46. The van der Waals surface area contributed by atoms with Gasteiger partial charge >= 0.3 is 12.1 Å². The standard InChI is InChI=1S/C24H28N6OS.C2HF3O2/c1-16-19(32-15-25-16)13-29-12-11-24(17-5-3-2-4-6-17)10-9-21-27-28-22(30(21)14-20(24)29)23(31)26-18-7-8-18;3-2(4,5)1(6)7/h2-6,15,18,20H,7-14H2,1H3,(H,26,31);(H,6,7)/t20-,24-;/m0./s1. The Kier molecular flexibility index (Phi) is 7.47. The molecule has 6 rings (SSSR count). The molecule has 0 radical (unpaired) electrons. The SMILES string of the molecule is Cc1ncsc1CN1CC[C@]2(c3ccccc3)CCc3nnc(C(=O)NC4CC4)n3C[C@H]12.O=C(O)C(F)(F)F. The zero-order chi connectivity index (χ0) is 27.8. The average molecular weight is 563 g/mol. The van der Waals surface area contributed by atoms with Gasteiger partial charge in [0.15, 0.2) is 0 Å². The van der Waals surface area contributed by atoms with Crippen molar-refractivity contribution in [1.29, 1.82) is 0 Å². The molecule has 1 saturated heterocycles. The third kappa shape index (κ3) is 5.69. The Bertz CT molecular complexity index is 1340. The molecule has 2 atom stereocenters. The van der Waals surface area contributed by atoms with Gasteiger partial charge in [0.1, 0.15) is 5.82 Å². The van der Waals surface area contributed by atoms with Gasteiger partial charge in [-0.05, 0) is 44.7 Å². The number of carbonyl (C=O) groups excluding carboxylic acids is 1. The number of carbonyl (C=O) groups is 2. The van der Waals surface area contributed by atoms with Crippen LogP contribution in [0, 0.1) is 6.92 Å². The lowest BCUT2D eigenvalue weighted by molar-refractivity contribution is -0.192.